The topological polar surface area (TPSA) is 314 Å². The van der Waals surface area contributed by atoms with Crippen LogP contribution < -0.4 is 27.3 Å². The number of quaternary nitrogens is 2. The van der Waals surface area contributed by atoms with E-state index >= 15 is 0 Å². The van der Waals surface area contributed by atoms with Crippen molar-refractivity contribution in [3.8, 4) is 0 Å². The Morgan fingerprint density at radius 2 is 0.667 bits per heavy atom. The molecule has 0 unspecified atom stereocenters. The molecule has 112 valence electrons. The summed E-state index contributed by atoms with van der Waals surface area (Å²) in [7, 11) is -5.17. The van der Waals surface area contributed by atoms with Gasteiger partial charge in [-0.15, -0.1) is 0 Å². The van der Waals surface area contributed by atoms with Gasteiger partial charge in [0.2, 0.25) is 0 Å². The van der Waals surface area contributed by atoms with Crippen LogP contribution in [0.3, 0.4) is 0 Å². The van der Waals surface area contributed by atoms with E-state index in [1.54, 1.807) is 0 Å². The molecular weight excluding hydrogens is 584 g/mol. The van der Waals surface area contributed by atoms with Crippen molar-refractivity contribution in [3.63, 3.8) is 0 Å². The fourth-order valence-corrected chi connectivity index (χ4v) is 0. The van der Waals surface area contributed by atoms with Crippen molar-refractivity contribution in [2.45, 2.75) is 0 Å². The minimum absolute atomic E-state index is 0. The van der Waals surface area contributed by atoms with Crippen LogP contribution >= 0.6 is 0 Å². The van der Waals surface area contributed by atoms with E-state index in [0.29, 0.717) is 0 Å². The molecule has 0 atom stereocenters. The van der Waals surface area contributed by atoms with E-state index in [9.17, 15) is 0 Å². The van der Waals surface area contributed by atoms with Gasteiger partial charge in [-0.3, -0.25) is 8.42 Å². The molecule has 14 nitrogen and oxygen atoms in total. The molecular formula is H8CeMo2N2O12S. The molecule has 0 radical (unpaired) electrons. The molecule has 0 saturated heterocycles. The third-order valence-corrected chi connectivity index (χ3v) is 0. The van der Waals surface area contributed by atoms with E-state index in [-0.39, 0.29) is 54.0 Å². The van der Waals surface area contributed by atoms with Crippen molar-refractivity contribution in [2.24, 2.45) is 0 Å². The predicted molar refractivity (Wildman–Crippen MR) is 25.2 cm³/mol. The van der Waals surface area contributed by atoms with Gasteiger partial charge in [0.05, 0.1) is 0 Å². The second-order valence-corrected chi connectivity index (χ2v) is 6.06. The van der Waals surface area contributed by atoms with E-state index in [1.165, 1.54) is 0 Å². The molecule has 8 N–H and O–H groups in total. The fraction of sp³-hybridized carbons (Fsp3) is 0. The Bertz CT molecular complexity index is 349. The zero-order valence-corrected chi connectivity index (χ0v) is 16.6. The average Bonchev–Trinajstić information content (AvgIpc) is 1.41. The van der Waals surface area contributed by atoms with Gasteiger partial charge in [-0.25, -0.2) is 0 Å². The van der Waals surface area contributed by atoms with Gasteiger partial charge >= 0.3 is 104 Å². The summed E-state index contributed by atoms with van der Waals surface area (Å²) in [5.74, 6) is 0. The summed E-state index contributed by atoms with van der Waals surface area (Å²) in [6.07, 6.45) is 0. The summed E-state index contributed by atoms with van der Waals surface area (Å²) in [5, 5.41) is 0. The van der Waals surface area contributed by atoms with E-state index in [1.807, 2.05) is 0 Å². The molecule has 0 aliphatic heterocycles. The Balaban J connectivity index is -0.0000000277. The SMILES string of the molecule is O=S(=O)([O-])[O-].[Ce+4].[NH4+].[NH4+].[O]=[Mo](=[O])([O-])[O-].[O]=[Mo](=[O])([O-])[O-]. The van der Waals surface area contributed by atoms with Crippen molar-refractivity contribution in [2.75, 3.05) is 0 Å². The van der Waals surface area contributed by atoms with Gasteiger partial charge in [-0.2, -0.15) is 0 Å². The summed E-state index contributed by atoms with van der Waals surface area (Å²) in [6.45, 7) is 0. The van der Waals surface area contributed by atoms with Crippen LogP contribution in [0.5, 0.6) is 0 Å². The van der Waals surface area contributed by atoms with Crippen LogP contribution in [0.15, 0.2) is 0 Å². The Morgan fingerprint density at radius 3 is 0.667 bits per heavy atom. The molecule has 18 heteroatoms. The zero-order chi connectivity index (χ0) is 13.5. The molecule has 0 bridgehead atoms. The molecule has 0 amide bonds. The maximum atomic E-state index is 8.63. The Hall–Kier alpha value is 1.58. The second kappa shape index (κ2) is 15.0. The van der Waals surface area contributed by atoms with Crippen LogP contribution in [0, 0.1) is 41.7 Å². The third kappa shape index (κ3) is 1930. The molecule has 0 saturated carbocycles. The summed E-state index contributed by atoms with van der Waals surface area (Å²) in [4.78, 5) is 0. The molecule has 0 heterocycles. The van der Waals surface area contributed by atoms with E-state index in [0.717, 1.165) is 0 Å². The number of hydrogen-bond donors (Lipinski definition) is 2. The van der Waals surface area contributed by atoms with Crippen LogP contribution in [-0.2, 0) is 57.5 Å². The summed E-state index contributed by atoms with van der Waals surface area (Å²) < 4.78 is 103. The van der Waals surface area contributed by atoms with Crippen LogP contribution in [0.25, 0.3) is 0 Å². The normalized spacial score (nSPS) is 9.67. The quantitative estimate of drug-likeness (QED) is 0.151. The minimum atomic E-state index is -6.02. The molecule has 0 aromatic rings. The Kier molecular flexibility index (Phi) is 30.5. The molecule has 18 heavy (non-hydrogen) atoms. The number of rotatable bonds is 0. The Labute approximate surface area is 142 Å². The van der Waals surface area contributed by atoms with Crippen molar-refractivity contribution >= 4 is 10.4 Å². The van der Waals surface area contributed by atoms with Gasteiger partial charge in [0.15, 0.2) is 0 Å². The first-order valence-electron chi connectivity index (χ1n) is 2.00. The van der Waals surface area contributed by atoms with Gasteiger partial charge in [-0.05, 0) is 0 Å². The first-order chi connectivity index (χ1) is 6.00. The van der Waals surface area contributed by atoms with Crippen LogP contribution in [0.1, 0.15) is 0 Å². The maximum absolute atomic E-state index is 8.63. The predicted octanol–water partition coefficient (Wildman–Crippen LogP) is -5.82. The van der Waals surface area contributed by atoms with Crippen molar-refractivity contribution in [1.82, 2.24) is 12.3 Å². The van der Waals surface area contributed by atoms with Crippen molar-refractivity contribution in [1.29, 1.82) is 0 Å². The van der Waals surface area contributed by atoms with Gasteiger partial charge in [-0.1, -0.05) is 0 Å². The fourth-order valence-electron chi connectivity index (χ4n) is 0. The first-order valence-corrected chi connectivity index (χ1v) is 9.89. The van der Waals surface area contributed by atoms with Crippen molar-refractivity contribution in [3.05, 3.63) is 0 Å². The monoisotopic (exact) mass is 596 g/mol. The summed E-state index contributed by atoms with van der Waals surface area (Å²) in [6, 6.07) is 0. The van der Waals surface area contributed by atoms with Crippen molar-refractivity contribution < 1.29 is 121 Å². The average molecular weight is 592 g/mol. The molecule has 0 aromatic heterocycles. The number of hydrogen-bond acceptors (Lipinski definition) is 12. The second-order valence-electron chi connectivity index (χ2n) is 1.22. The molecule has 0 spiro atoms. The molecule has 0 aliphatic carbocycles. The van der Waals surface area contributed by atoms with E-state index in [2.05, 4.69) is 0 Å². The molecule has 0 fully saturated rings. The van der Waals surface area contributed by atoms with Gasteiger partial charge < -0.3 is 21.4 Å². The van der Waals surface area contributed by atoms with Gasteiger partial charge in [0.1, 0.15) is 0 Å². The summed E-state index contributed by atoms with van der Waals surface area (Å²) >= 11 is -12.0. The van der Waals surface area contributed by atoms with Gasteiger partial charge in [0.25, 0.3) is 0 Å². The van der Waals surface area contributed by atoms with E-state index < -0.39 is 43.9 Å². The molecule has 0 aliphatic rings. The zero-order valence-electron chi connectivity index (χ0n) is 8.62. The van der Waals surface area contributed by atoms with Crippen LogP contribution in [-0.4, -0.2) is 17.5 Å². The first kappa shape index (κ1) is 36.7. The Morgan fingerprint density at radius 1 is 0.667 bits per heavy atom. The third-order valence-electron chi connectivity index (χ3n) is 0. The molecule has 0 aromatic carbocycles. The summed E-state index contributed by atoms with van der Waals surface area (Å²) in [5.41, 5.74) is 0. The van der Waals surface area contributed by atoms with Crippen LogP contribution in [0.4, 0.5) is 0 Å². The molecule has 0 rings (SSSR count). The van der Waals surface area contributed by atoms with E-state index in [4.69, 9.17) is 46.2 Å². The van der Waals surface area contributed by atoms with Crippen LogP contribution in [0.2, 0.25) is 0 Å². The van der Waals surface area contributed by atoms with Gasteiger partial charge in [0, 0.05) is 10.4 Å². The standard InChI is InChI=1S/Ce.2Mo.2H3N.H2O4S.8O/c;;;;;1-5(2,3)4;;;;;;;;/h;;;2*1H3;(H2,1,2,3,4);;;;;;;;/q+4;;;;;;;;;;4*-1.